The molecule has 5 heteroatoms. The number of allylic oxidation sites excluding steroid dienone is 4. The summed E-state index contributed by atoms with van der Waals surface area (Å²) in [5.41, 5.74) is -0.544. The minimum Gasteiger partial charge on any atom is -0.469 e. The van der Waals surface area contributed by atoms with Gasteiger partial charge in [-0.1, -0.05) is 53.2 Å². The molecule has 194 valence electrons. The molecule has 5 rings (SSSR count). The van der Waals surface area contributed by atoms with Crippen molar-refractivity contribution in [1.29, 1.82) is 5.26 Å². The van der Waals surface area contributed by atoms with E-state index in [1.54, 1.807) is 0 Å². The minimum atomic E-state index is -0.656. The lowest BCUT2D eigenvalue weighted by Gasteiger charge is -2.64. The van der Waals surface area contributed by atoms with Crippen LogP contribution in [0.25, 0.3) is 0 Å². The molecule has 0 aromatic rings. The van der Waals surface area contributed by atoms with Crippen molar-refractivity contribution in [3.63, 3.8) is 0 Å². The molecule has 0 radical (unpaired) electrons. The van der Waals surface area contributed by atoms with Crippen molar-refractivity contribution < 1.29 is 19.1 Å². The van der Waals surface area contributed by atoms with Crippen molar-refractivity contribution in [2.24, 2.45) is 50.7 Å². The average Bonchev–Trinajstić information content (AvgIpc) is 2.81. The first kappa shape index (κ1) is 25.4. The fourth-order valence-corrected chi connectivity index (χ4v) is 9.83. The van der Waals surface area contributed by atoms with Gasteiger partial charge in [-0.3, -0.25) is 14.4 Å². The van der Waals surface area contributed by atoms with Gasteiger partial charge in [0.25, 0.3) is 0 Å². The zero-order valence-corrected chi connectivity index (χ0v) is 23.0. The highest BCUT2D eigenvalue weighted by molar-refractivity contribution is 6.04. The molecule has 3 unspecified atom stereocenters. The lowest BCUT2D eigenvalue weighted by atomic mass is 9.38. The molecule has 0 aliphatic heterocycles. The molecule has 0 heterocycles. The van der Waals surface area contributed by atoms with Crippen LogP contribution in [0.5, 0.6) is 0 Å². The van der Waals surface area contributed by atoms with Crippen LogP contribution in [0.15, 0.2) is 23.3 Å². The van der Waals surface area contributed by atoms with Gasteiger partial charge in [0.1, 0.15) is 6.07 Å². The highest BCUT2D eigenvalue weighted by Crippen LogP contribution is 2.70. The Morgan fingerprint density at radius 1 is 1.00 bits per heavy atom. The van der Waals surface area contributed by atoms with E-state index >= 15 is 0 Å². The zero-order valence-electron chi connectivity index (χ0n) is 23.0. The van der Waals surface area contributed by atoms with E-state index in [1.807, 2.05) is 26.0 Å². The van der Waals surface area contributed by atoms with Crippen LogP contribution in [-0.2, 0) is 19.1 Å². The van der Waals surface area contributed by atoms with Crippen molar-refractivity contribution in [3.05, 3.63) is 23.3 Å². The third-order valence-electron chi connectivity index (χ3n) is 11.7. The second-order valence-corrected chi connectivity index (χ2v) is 14.3. The van der Waals surface area contributed by atoms with Crippen LogP contribution in [-0.4, -0.2) is 24.6 Å². The molecule has 5 nitrogen and oxygen atoms in total. The molecule has 0 N–H and O–H groups in total. The smallest absolute Gasteiger partial charge is 0.312 e. The van der Waals surface area contributed by atoms with Crippen LogP contribution < -0.4 is 0 Å². The monoisotopic (exact) mass is 491 g/mol. The summed E-state index contributed by atoms with van der Waals surface area (Å²) in [5.74, 6) is -0.102. The standard InChI is InChI=1S/C31H41NO4/c1-27(2)12-13-31(26(35)36-7)11-8-19-24(20(31)16-27)21(33)14-23-29(19,5)10-9-22-28(3,4)25(34)18(17-32)15-30(22,23)6/h14-15,19-20,22,24H,8-13,16H2,1-7H3/t19?,20?,22-,24?,29-,30-,31+/m0/s1. The Hall–Kier alpha value is -2.22. The van der Waals surface area contributed by atoms with E-state index in [2.05, 4.69) is 33.8 Å². The second kappa shape index (κ2) is 7.65. The van der Waals surface area contributed by atoms with Crippen molar-refractivity contribution in [2.75, 3.05) is 7.11 Å². The highest BCUT2D eigenvalue weighted by atomic mass is 16.5. The lowest BCUT2D eigenvalue weighted by Crippen LogP contribution is -2.62. The molecule has 3 saturated carbocycles. The van der Waals surface area contributed by atoms with E-state index in [1.165, 1.54) is 7.11 Å². The number of Topliss-reactive ketones (excluding diaryl/α,β-unsaturated/α-hetero) is 1. The second-order valence-electron chi connectivity index (χ2n) is 14.3. The quantitative estimate of drug-likeness (QED) is 0.421. The number of rotatable bonds is 1. The number of esters is 1. The van der Waals surface area contributed by atoms with Crippen molar-refractivity contribution in [2.45, 2.75) is 86.5 Å². The van der Waals surface area contributed by atoms with Gasteiger partial charge in [-0.2, -0.15) is 5.26 Å². The van der Waals surface area contributed by atoms with Crippen LogP contribution in [0, 0.1) is 62.1 Å². The Morgan fingerprint density at radius 2 is 1.69 bits per heavy atom. The van der Waals surface area contributed by atoms with Gasteiger partial charge in [-0.05, 0) is 79.6 Å². The van der Waals surface area contributed by atoms with Gasteiger partial charge in [0.05, 0.1) is 18.1 Å². The van der Waals surface area contributed by atoms with Gasteiger partial charge >= 0.3 is 5.97 Å². The summed E-state index contributed by atoms with van der Waals surface area (Å²) in [4.78, 5) is 40.6. The Morgan fingerprint density at radius 3 is 2.33 bits per heavy atom. The Labute approximate surface area is 215 Å². The average molecular weight is 492 g/mol. The molecule has 5 aliphatic rings. The van der Waals surface area contributed by atoms with Crippen molar-refractivity contribution in [1.82, 2.24) is 0 Å². The number of hydrogen-bond acceptors (Lipinski definition) is 5. The molecule has 7 atom stereocenters. The van der Waals surface area contributed by atoms with Crippen LogP contribution in [0.2, 0.25) is 0 Å². The number of nitrogens with zero attached hydrogens (tertiary/aromatic N) is 1. The topological polar surface area (TPSA) is 84.2 Å². The summed E-state index contributed by atoms with van der Waals surface area (Å²) in [5, 5.41) is 9.81. The maximum absolute atomic E-state index is 14.2. The van der Waals surface area contributed by atoms with Crippen molar-refractivity contribution in [3.8, 4) is 6.07 Å². The van der Waals surface area contributed by atoms with E-state index in [0.717, 1.165) is 50.5 Å². The van der Waals surface area contributed by atoms with Crippen molar-refractivity contribution >= 4 is 17.5 Å². The van der Waals surface area contributed by atoms with E-state index in [9.17, 15) is 19.6 Å². The van der Waals surface area contributed by atoms with Crippen LogP contribution in [0.4, 0.5) is 0 Å². The van der Waals surface area contributed by atoms with E-state index in [0.29, 0.717) is 0 Å². The van der Waals surface area contributed by atoms with Gasteiger partial charge in [0.2, 0.25) is 0 Å². The number of carbonyl (C=O) groups excluding carboxylic acids is 3. The number of fused-ring (bicyclic) bond motifs is 7. The maximum atomic E-state index is 14.2. The molecule has 0 bridgehead atoms. The summed E-state index contributed by atoms with van der Waals surface area (Å²) < 4.78 is 5.37. The highest BCUT2D eigenvalue weighted by Gasteiger charge is 2.67. The zero-order chi connectivity index (χ0) is 26.5. The number of hydrogen-bond donors (Lipinski definition) is 0. The largest absolute Gasteiger partial charge is 0.469 e. The Kier molecular flexibility index (Phi) is 5.40. The summed E-state index contributed by atoms with van der Waals surface area (Å²) in [7, 11) is 1.48. The van der Waals surface area contributed by atoms with Gasteiger partial charge < -0.3 is 4.74 Å². The molecule has 0 amide bonds. The lowest BCUT2D eigenvalue weighted by molar-refractivity contribution is -0.178. The number of nitriles is 1. The summed E-state index contributed by atoms with van der Waals surface area (Å²) in [6.45, 7) is 12.9. The molecular formula is C31H41NO4. The maximum Gasteiger partial charge on any atom is 0.312 e. The molecule has 3 fully saturated rings. The Bertz CT molecular complexity index is 1150. The fourth-order valence-electron chi connectivity index (χ4n) is 9.83. The number of ether oxygens (including phenoxy) is 1. The molecule has 36 heavy (non-hydrogen) atoms. The predicted molar refractivity (Wildman–Crippen MR) is 136 cm³/mol. The predicted octanol–water partition coefficient (Wildman–Crippen LogP) is 5.99. The number of carbonyl (C=O) groups is 3. The minimum absolute atomic E-state index is 0.0188. The molecule has 0 aromatic carbocycles. The summed E-state index contributed by atoms with van der Waals surface area (Å²) in [6.07, 6.45) is 9.77. The Balaban J connectivity index is 1.66. The van der Waals surface area contributed by atoms with Crippen LogP contribution in [0.3, 0.4) is 0 Å². The van der Waals surface area contributed by atoms with E-state index in [4.69, 9.17) is 4.74 Å². The van der Waals surface area contributed by atoms with E-state index in [-0.39, 0.29) is 57.6 Å². The first-order valence-corrected chi connectivity index (χ1v) is 13.7. The third-order valence-corrected chi connectivity index (χ3v) is 11.7. The SMILES string of the molecule is COC(=O)[C@@]12CCC3C(C(=O)C=C4[C@@]3(C)CC[C@H]3C(C)(C)C(=O)C(C#N)=C[C@]43C)C1CC(C)(C)CC2. The van der Waals surface area contributed by atoms with Gasteiger partial charge in [-0.25, -0.2) is 0 Å². The van der Waals surface area contributed by atoms with Gasteiger partial charge in [0, 0.05) is 16.7 Å². The molecule has 0 aromatic heterocycles. The number of ketones is 2. The first-order chi connectivity index (χ1) is 16.7. The van der Waals surface area contributed by atoms with Gasteiger partial charge in [-0.15, -0.1) is 0 Å². The van der Waals surface area contributed by atoms with E-state index < -0.39 is 16.2 Å². The van der Waals surface area contributed by atoms with Crippen LogP contribution in [0.1, 0.15) is 86.5 Å². The summed E-state index contributed by atoms with van der Waals surface area (Å²) in [6, 6.07) is 2.16. The van der Waals surface area contributed by atoms with Crippen LogP contribution >= 0.6 is 0 Å². The molecule has 0 spiro atoms. The fraction of sp³-hybridized carbons (Fsp3) is 0.742. The first-order valence-electron chi connectivity index (χ1n) is 13.7. The molecule has 0 saturated heterocycles. The van der Waals surface area contributed by atoms with Gasteiger partial charge in [0.15, 0.2) is 11.6 Å². The summed E-state index contributed by atoms with van der Waals surface area (Å²) >= 11 is 0. The third kappa shape index (κ3) is 3.09. The normalized spacial score (nSPS) is 44.5. The number of methoxy groups -OCH3 is 1. The molecule has 5 aliphatic carbocycles. The molecular weight excluding hydrogens is 450 g/mol.